The van der Waals surface area contributed by atoms with Crippen LogP contribution in [-0.2, 0) is 11.0 Å². The first kappa shape index (κ1) is 13.8. The number of rotatable bonds is 2. The molecule has 0 radical (unpaired) electrons. The second-order valence-electron chi connectivity index (χ2n) is 6.16. The first-order valence-electron chi connectivity index (χ1n) is 6.66. The Morgan fingerprint density at radius 1 is 1.17 bits per heavy atom. The molecule has 0 unspecified atom stereocenters. The summed E-state index contributed by atoms with van der Waals surface area (Å²) in [6, 6.07) is 8.78. The molecule has 2 nitrogen and oxygen atoms in total. The lowest BCUT2D eigenvalue weighted by atomic mass is 9.81. The van der Waals surface area contributed by atoms with Crippen molar-refractivity contribution < 1.29 is 4.21 Å². The maximum Gasteiger partial charge on any atom is 0.0975 e. The van der Waals surface area contributed by atoms with E-state index < -0.39 is 11.0 Å². The maximum absolute atomic E-state index is 12.2. The van der Waals surface area contributed by atoms with Crippen molar-refractivity contribution in [3.63, 3.8) is 0 Å². The fraction of sp³-hybridized carbons (Fsp3) is 0.600. The Morgan fingerprint density at radius 3 is 2.39 bits per heavy atom. The summed E-state index contributed by atoms with van der Waals surface area (Å²) in [6.07, 6.45) is 2.23. The van der Waals surface area contributed by atoms with Crippen molar-refractivity contribution in [3.05, 3.63) is 35.4 Å². The van der Waals surface area contributed by atoms with Crippen LogP contribution >= 0.6 is 0 Å². The van der Waals surface area contributed by atoms with Gasteiger partial charge in [0.25, 0.3) is 0 Å². The Labute approximate surface area is 113 Å². The number of hydrogen-bond acceptors (Lipinski definition) is 1. The highest BCUT2D eigenvalue weighted by molar-refractivity contribution is 7.84. The van der Waals surface area contributed by atoms with E-state index in [0.29, 0.717) is 5.92 Å². The van der Waals surface area contributed by atoms with Gasteiger partial charge in [-0.3, -0.25) is 0 Å². The van der Waals surface area contributed by atoms with Crippen LogP contribution in [0.2, 0.25) is 0 Å². The van der Waals surface area contributed by atoms with E-state index in [9.17, 15) is 4.21 Å². The average Bonchev–Trinajstić information content (AvgIpc) is 2.32. The highest BCUT2D eigenvalue weighted by Gasteiger charge is 2.28. The molecule has 0 aliphatic heterocycles. The third-order valence-electron chi connectivity index (χ3n) is 3.60. The van der Waals surface area contributed by atoms with Crippen molar-refractivity contribution in [1.82, 2.24) is 4.72 Å². The van der Waals surface area contributed by atoms with Crippen LogP contribution in [0.5, 0.6) is 0 Å². The molecule has 100 valence electrons. The summed E-state index contributed by atoms with van der Waals surface area (Å²) in [6.45, 7) is 8.30. The first-order valence-corrected chi connectivity index (χ1v) is 7.81. The summed E-state index contributed by atoms with van der Waals surface area (Å²) >= 11 is 0. The van der Waals surface area contributed by atoms with Gasteiger partial charge in [0.05, 0.1) is 15.7 Å². The molecular weight excluding hydrogens is 242 g/mol. The number of nitrogens with one attached hydrogen (secondary N) is 1. The van der Waals surface area contributed by atoms with Crippen LogP contribution < -0.4 is 4.72 Å². The van der Waals surface area contributed by atoms with Gasteiger partial charge in [0, 0.05) is 6.04 Å². The molecular formula is C15H23NOS. The van der Waals surface area contributed by atoms with Crippen molar-refractivity contribution in [1.29, 1.82) is 0 Å². The predicted octanol–water partition coefficient (Wildman–Crippen LogP) is 3.68. The summed E-state index contributed by atoms with van der Waals surface area (Å²) in [7, 11) is -1.00. The molecule has 0 bridgehead atoms. The Balaban J connectivity index is 2.22. The molecule has 0 saturated carbocycles. The van der Waals surface area contributed by atoms with E-state index in [0.717, 1.165) is 12.8 Å². The summed E-state index contributed by atoms with van der Waals surface area (Å²) in [5.41, 5.74) is 2.74. The molecule has 0 fully saturated rings. The van der Waals surface area contributed by atoms with Crippen molar-refractivity contribution in [2.75, 3.05) is 0 Å². The Bertz CT molecular complexity index is 450. The van der Waals surface area contributed by atoms with E-state index in [1.165, 1.54) is 11.1 Å². The number of benzene rings is 1. The van der Waals surface area contributed by atoms with Gasteiger partial charge in [-0.25, -0.2) is 8.93 Å². The topological polar surface area (TPSA) is 29.1 Å². The monoisotopic (exact) mass is 265 g/mol. The molecule has 1 N–H and O–H groups in total. The van der Waals surface area contributed by atoms with Crippen molar-refractivity contribution in [2.45, 2.75) is 57.2 Å². The number of fused-ring (bicyclic) bond motifs is 1. The van der Waals surface area contributed by atoms with Crippen LogP contribution in [0.4, 0.5) is 0 Å². The molecule has 0 heterocycles. The molecule has 1 aliphatic carbocycles. The SMILES string of the molecule is C[C@H]1CC[C@H](N[S@@](=O)C(C)(C)C)c2ccccc21. The summed E-state index contributed by atoms with van der Waals surface area (Å²) < 4.78 is 15.3. The summed E-state index contributed by atoms with van der Waals surface area (Å²) in [5, 5.41) is 0. The smallest absolute Gasteiger partial charge is 0.0975 e. The minimum Gasteiger partial charge on any atom is -0.242 e. The van der Waals surface area contributed by atoms with Gasteiger partial charge in [-0.15, -0.1) is 0 Å². The highest BCUT2D eigenvalue weighted by Crippen LogP contribution is 2.37. The third kappa shape index (κ3) is 2.83. The van der Waals surface area contributed by atoms with Crippen LogP contribution in [0.25, 0.3) is 0 Å². The zero-order chi connectivity index (χ0) is 13.3. The second kappa shape index (κ2) is 5.14. The van der Waals surface area contributed by atoms with E-state index in [1.807, 2.05) is 20.8 Å². The lowest BCUT2D eigenvalue weighted by molar-refractivity contribution is 0.483. The van der Waals surface area contributed by atoms with E-state index >= 15 is 0 Å². The van der Waals surface area contributed by atoms with E-state index in [4.69, 9.17) is 0 Å². The fourth-order valence-corrected chi connectivity index (χ4v) is 3.29. The van der Waals surface area contributed by atoms with Crippen LogP contribution in [0, 0.1) is 0 Å². The van der Waals surface area contributed by atoms with Crippen LogP contribution in [0.3, 0.4) is 0 Å². The molecule has 0 spiro atoms. The standard InChI is InChI=1S/C15H23NOS/c1-11-9-10-14(16-18(17)15(2,3)4)13-8-6-5-7-12(11)13/h5-8,11,14,16H,9-10H2,1-4H3/t11-,14-,18-/m0/s1. The largest absolute Gasteiger partial charge is 0.242 e. The molecule has 18 heavy (non-hydrogen) atoms. The van der Waals surface area contributed by atoms with E-state index in [1.54, 1.807) is 0 Å². The third-order valence-corrected chi connectivity index (χ3v) is 5.21. The Kier molecular flexibility index (Phi) is 3.93. The highest BCUT2D eigenvalue weighted by atomic mass is 32.2. The maximum atomic E-state index is 12.2. The van der Waals surface area contributed by atoms with Gasteiger partial charge in [0.2, 0.25) is 0 Å². The zero-order valence-corrected chi connectivity index (χ0v) is 12.5. The molecule has 3 heteroatoms. The van der Waals surface area contributed by atoms with E-state index in [2.05, 4.69) is 35.9 Å². The van der Waals surface area contributed by atoms with Gasteiger partial charge in [-0.05, 0) is 50.7 Å². The van der Waals surface area contributed by atoms with Gasteiger partial charge in [0.1, 0.15) is 0 Å². The predicted molar refractivity (Wildman–Crippen MR) is 77.9 cm³/mol. The molecule has 0 amide bonds. The minimum atomic E-state index is -1.00. The molecule has 0 saturated heterocycles. The molecule has 1 aromatic carbocycles. The quantitative estimate of drug-likeness (QED) is 0.868. The van der Waals surface area contributed by atoms with Crippen LogP contribution in [0.1, 0.15) is 63.6 Å². The number of hydrogen-bond donors (Lipinski definition) is 1. The lowest BCUT2D eigenvalue weighted by Gasteiger charge is -2.32. The molecule has 1 aliphatic rings. The molecule has 0 aromatic heterocycles. The lowest BCUT2D eigenvalue weighted by Crippen LogP contribution is -2.37. The molecule has 2 rings (SSSR count). The van der Waals surface area contributed by atoms with Crippen LogP contribution in [-0.4, -0.2) is 8.96 Å². The van der Waals surface area contributed by atoms with Gasteiger partial charge in [-0.1, -0.05) is 31.2 Å². The summed E-state index contributed by atoms with van der Waals surface area (Å²) in [5.74, 6) is 0.613. The second-order valence-corrected chi connectivity index (χ2v) is 8.16. The fourth-order valence-electron chi connectivity index (χ4n) is 2.43. The zero-order valence-electron chi connectivity index (χ0n) is 11.7. The Morgan fingerprint density at radius 2 is 1.78 bits per heavy atom. The van der Waals surface area contributed by atoms with Gasteiger partial charge in [0.15, 0.2) is 0 Å². The Hall–Kier alpha value is -0.670. The molecule has 1 aromatic rings. The van der Waals surface area contributed by atoms with Crippen LogP contribution in [0.15, 0.2) is 24.3 Å². The van der Waals surface area contributed by atoms with Gasteiger partial charge < -0.3 is 0 Å². The molecule has 3 atom stereocenters. The van der Waals surface area contributed by atoms with Crippen molar-refractivity contribution in [2.24, 2.45) is 0 Å². The minimum absolute atomic E-state index is 0.210. The first-order chi connectivity index (χ1) is 8.39. The van der Waals surface area contributed by atoms with Crippen molar-refractivity contribution in [3.8, 4) is 0 Å². The van der Waals surface area contributed by atoms with Crippen molar-refractivity contribution >= 4 is 11.0 Å². The van der Waals surface area contributed by atoms with Gasteiger partial charge >= 0.3 is 0 Å². The normalized spacial score (nSPS) is 25.6. The average molecular weight is 265 g/mol. The summed E-state index contributed by atoms with van der Waals surface area (Å²) in [4.78, 5) is 0. The van der Waals surface area contributed by atoms with Gasteiger partial charge in [-0.2, -0.15) is 0 Å². The van der Waals surface area contributed by atoms with E-state index in [-0.39, 0.29) is 10.8 Å².